The number of hydrogen-bond acceptors (Lipinski definition) is 2. The lowest BCUT2D eigenvalue weighted by atomic mass is 9.94. The fraction of sp³-hybridized carbons (Fsp3) is 0. The quantitative estimate of drug-likeness (QED) is 0.148. The summed E-state index contributed by atoms with van der Waals surface area (Å²) in [6, 6.07) is 86.1. The van der Waals surface area contributed by atoms with Gasteiger partial charge in [-0.25, -0.2) is 0 Å². The predicted molar refractivity (Wildman–Crippen MR) is 259 cm³/mol. The molecule has 1 nitrogen and oxygen atoms in total. The van der Waals surface area contributed by atoms with Gasteiger partial charge in [-0.2, -0.15) is 0 Å². The van der Waals surface area contributed by atoms with Crippen molar-refractivity contribution in [3.63, 3.8) is 0 Å². The van der Waals surface area contributed by atoms with E-state index in [0.29, 0.717) is 0 Å². The molecule has 11 rings (SSSR count). The van der Waals surface area contributed by atoms with Gasteiger partial charge >= 0.3 is 0 Å². The third-order valence-corrected chi connectivity index (χ3v) is 12.8. The number of nitrogens with zero attached hydrogens (tertiary/aromatic N) is 1. The Labute approximate surface area is 354 Å². The SMILES string of the molecule is c1ccc(-c2cccc(-c3ccc(N(c4ccc(-c5cccc6sc7ccccc7c56)cc4)c4ccccc4-c4cccc(-c5cccc6ccccc56)c4)cc3)c2)cc1. The molecule has 0 spiro atoms. The van der Waals surface area contributed by atoms with Crippen LogP contribution in [-0.4, -0.2) is 0 Å². The van der Waals surface area contributed by atoms with E-state index in [1.165, 1.54) is 81.0 Å². The van der Waals surface area contributed by atoms with Gasteiger partial charge in [-0.15, -0.1) is 11.3 Å². The smallest absolute Gasteiger partial charge is 0.0540 e. The largest absolute Gasteiger partial charge is 0.310 e. The Morgan fingerprint density at radius 1 is 0.283 bits per heavy atom. The van der Waals surface area contributed by atoms with Gasteiger partial charge in [-0.1, -0.05) is 182 Å². The number of benzene rings is 10. The van der Waals surface area contributed by atoms with Crippen molar-refractivity contribution in [3.05, 3.63) is 237 Å². The molecule has 0 bridgehead atoms. The van der Waals surface area contributed by atoms with Crippen molar-refractivity contribution in [3.8, 4) is 55.6 Å². The summed E-state index contributed by atoms with van der Waals surface area (Å²) >= 11 is 1.86. The molecule has 0 saturated heterocycles. The molecule has 282 valence electrons. The Balaban J connectivity index is 1.03. The van der Waals surface area contributed by atoms with Crippen LogP contribution in [0.4, 0.5) is 17.1 Å². The lowest BCUT2D eigenvalue weighted by Crippen LogP contribution is -2.11. The van der Waals surface area contributed by atoms with E-state index < -0.39 is 0 Å². The average molecular weight is 782 g/mol. The summed E-state index contributed by atoms with van der Waals surface area (Å²) in [4.78, 5) is 2.41. The fourth-order valence-corrected chi connectivity index (χ4v) is 9.92. The van der Waals surface area contributed by atoms with Crippen LogP contribution in [0.25, 0.3) is 86.6 Å². The Morgan fingerprint density at radius 2 is 0.767 bits per heavy atom. The first-order valence-corrected chi connectivity index (χ1v) is 21.3. The number of para-hydroxylation sites is 1. The molecule has 0 aliphatic heterocycles. The van der Waals surface area contributed by atoms with E-state index in [0.717, 1.165) is 22.6 Å². The second kappa shape index (κ2) is 15.3. The maximum Gasteiger partial charge on any atom is 0.0540 e. The number of hydrogen-bond donors (Lipinski definition) is 0. The van der Waals surface area contributed by atoms with Crippen molar-refractivity contribution in [2.45, 2.75) is 0 Å². The zero-order valence-electron chi connectivity index (χ0n) is 32.9. The van der Waals surface area contributed by atoms with Crippen molar-refractivity contribution >= 4 is 59.3 Å². The van der Waals surface area contributed by atoms with Crippen molar-refractivity contribution < 1.29 is 0 Å². The fourth-order valence-electron chi connectivity index (χ4n) is 8.79. The molecule has 0 fully saturated rings. The normalized spacial score (nSPS) is 11.3. The van der Waals surface area contributed by atoms with E-state index in [4.69, 9.17) is 0 Å². The third kappa shape index (κ3) is 6.54. The minimum atomic E-state index is 1.09. The molecule has 60 heavy (non-hydrogen) atoms. The average Bonchev–Trinajstić information content (AvgIpc) is 3.72. The molecule has 0 aliphatic rings. The summed E-state index contributed by atoms with van der Waals surface area (Å²) in [6.45, 7) is 0. The van der Waals surface area contributed by atoms with Gasteiger partial charge in [0.15, 0.2) is 0 Å². The maximum absolute atomic E-state index is 2.41. The topological polar surface area (TPSA) is 3.24 Å². The summed E-state index contributed by atoms with van der Waals surface area (Å²) < 4.78 is 2.63. The monoisotopic (exact) mass is 781 g/mol. The molecule has 1 aromatic heterocycles. The van der Waals surface area contributed by atoms with E-state index >= 15 is 0 Å². The van der Waals surface area contributed by atoms with Gasteiger partial charge in [-0.05, 0) is 115 Å². The van der Waals surface area contributed by atoms with Crippen LogP contribution in [0.15, 0.2) is 237 Å². The molecule has 0 amide bonds. The first-order chi connectivity index (χ1) is 29.7. The molecule has 0 N–H and O–H groups in total. The number of fused-ring (bicyclic) bond motifs is 4. The van der Waals surface area contributed by atoms with Crippen LogP contribution in [-0.2, 0) is 0 Å². The van der Waals surface area contributed by atoms with Gasteiger partial charge in [0, 0.05) is 37.1 Å². The van der Waals surface area contributed by atoms with Gasteiger partial charge in [0.1, 0.15) is 0 Å². The molecule has 0 radical (unpaired) electrons. The molecule has 11 aromatic rings. The van der Waals surface area contributed by atoms with Crippen molar-refractivity contribution in [2.24, 2.45) is 0 Å². The zero-order chi connectivity index (χ0) is 39.8. The standard InChI is InChI=1S/C58H39NS/c1-2-14-40(15-3-1)44-18-10-19-45(38-44)41-30-34-48(35-31-41)59(49-36-32-43(33-37-49)53-26-13-29-57-58(53)54-24-7-9-28-56(54)60-57)55-27-8-6-23-52(55)47-21-11-20-46(39-47)51-25-12-17-42-16-4-5-22-50(42)51/h1-39H. The van der Waals surface area contributed by atoms with Gasteiger partial charge in [0.2, 0.25) is 0 Å². The Morgan fingerprint density at radius 3 is 1.55 bits per heavy atom. The van der Waals surface area contributed by atoms with Crippen molar-refractivity contribution in [1.29, 1.82) is 0 Å². The minimum Gasteiger partial charge on any atom is -0.310 e. The van der Waals surface area contributed by atoms with E-state index in [-0.39, 0.29) is 0 Å². The second-order valence-electron chi connectivity index (χ2n) is 15.3. The van der Waals surface area contributed by atoms with Crippen LogP contribution in [0, 0.1) is 0 Å². The second-order valence-corrected chi connectivity index (χ2v) is 16.4. The first kappa shape index (κ1) is 35.6. The number of rotatable bonds is 8. The van der Waals surface area contributed by atoms with E-state index in [2.05, 4.69) is 241 Å². The molecular weight excluding hydrogens is 743 g/mol. The molecule has 0 unspecified atom stereocenters. The predicted octanol–water partition coefficient (Wildman–Crippen LogP) is 17.0. The molecule has 1 heterocycles. The summed E-state index contributed by atoms with van der Waals surface area (Å²) in [6.07, 6.45) is 0. The van der Waals surface area contributed by atoms with Crippen LogP contribution in [0.2, 0.25) is 0 Å². The zero-order valence-corrected chi connectivity index (χ0v) is 33.7. The Kier molecular flexibility index (Phi) is 9.11. The Bertz CT molecular complexity index is 3300. The van der Waals surface area contributed by atoms with Crippen LogP contribution < -0.4 is 4.90 Å². The molecule has 0 aliphatic carbocycles. The Hall–Kier alpha value is -7.52. The van der Waals surface area contributed by atoms with Crippen LogP contribution in [0.5, 0.6) is 0 Å². The van der Waals surface area contributed by atoms with Crippen LogP contribution in [0.3, 0.4) is 0 Å². The van der Waals surface area contributed by atoms with E-state index in [1.807, 2.05) is 11.3 Å². The lowest BCUT2D eigenvalue weighted by Gasteiger charge is -2.28. The number of anilines is 3. The number of thiophene rings is 1. The highest BCUT2D eigenvalue weighted by Crippen LogP contribution is 2.44. The van der Waals surface area contributed by atoms with Crippen molar-refractivity contribution in [1.82, 2.24) is 0 Å². The van der Waals surface area contributed by atoms with Gasteiger partial charge in [0.05, 0.1) is 5.69 Å². The molecule has 0 saturated carbocycles. The highest BCUT2D eigenvalue weighted by Gasteiger charge is 2.19. The lowest BCUT2D eigenvalue weighted by molar-refractivity contribution is 1.28. The highest BCUT2D eigenvalue weighted by atomic mass is 32.1. The van der Waals surface area contributed by atoms with E-state index in [1.54, 1.807) is 0 Å². The van der Waals surface area contributed by atoms with Gasteiger partial charge in [-0.3, -0.25) is 0 Å². The van der Waals surface area contributed by atoms with E-state index in [9.17, 15) is 0 Å². The van der Waals surface area contributed by atoms with Crippen molar-refractivity contribution in [2.75, 3.05) is 4.90 Å². The summed E-state index contributed by atoms with van der Waals surface area (Å²) in [5.74, 6) is 0. The van der Waals surface area contributed by atoms with Gasteiger partial charge in [0.25, 0.3) is 0 Å². The molecule has 0 atom stereocenters. The minimum absolute atomic E-state index is 1.09. The molecule has 2 heteroatoms. The first-order valence-electron chi connectivity index (χ1n) is 20.5. The summed E-state index contributed by atoms with van der Waals surface area (Å²) in [7, 11) is 0. The maximum atomic E-state index is 2.41. The van der Waals surface area contributed by atoms with Crippen LogP contribution >= 0.6 is 11.3 Å². The van der Waals surface area contributed by atoms with Gasteiger partial charge < -0.3 is 4.90 Å². The molecular formula is C58H39NS. The highest BCUT2D eigenvalue weighted by molar-refractivity contribution is 7.25. The summed E-state index contributed by atoms with van der Waals surface area (Å²) in [5.41, 5.74) is 15.3. The summed E-state index contributed by atoms with van der Waals surface area (Å²) in [5, 5.41) is 5.14. The molecule has 10 aromatic carbocycles. The van der Waals surface area contributed by atoms with Crippen LogP contribution in [0.1, 0.15) is 0 Å². The third-order valence-electron chi connectivity index (χ3n) is 11.7.